The van der Waals surface area contributed by atoms with Crippen molar-refractivity contribution in [3.63, 3.8) is 0 Å². The maximum Gasteiger partial charge on any atom is 0.408 e. The zero-order valence-electron chi connectivity index (χ0n) is 28.0. The highest BCUT2D eigenvalue weighted by atomic mass is 16.6. The number of pyridine rings is 1. The Morgan fingerprint density at radius 3 is 2.00 bits per heavy atom. The molecule has 0 radical (unpaired) electrons. The highest BCUT2D eigenvalue weighted by Crippen LogP contribution is 2.16. The number of aliphatic hydroxyl groups is 1. The number of aromatic nitrogens is 3. The SMILES string of the molecule is Cc1cncc(COC(=O)NC(C(=O)N[C@@H](Cc2ccccc2)[C@@H](O)C[C@H](Cc2ccccc2)NC(=O)OCc2cccnc2)C(C)C)n1. The van der Waals surface area contributed by atoms with Crippen LogP contribution < -0.4 is 16.0 Å². The lowest BCUT2D eigenvalue weighted by Crippen LogP contribution is -2.56. The Bertz CT molecular complexity index is 1610. The first-order chi connectivity index (χ1) is 23.7. The number of benzene rings is 2. The molecule has 3 amide bonds. The molecule has 0 saturated carbocycles. The van der Waals surface area contributed by atoms with Crippen LogP contribution in [0.15, 0.2) is 97.6 Å². The minimum absolute atomic E-state index is 0.0391. The van der Waals surface area contributed by atoms with Crippen LogP contribution in [0.3, 0.4) is 0 Å². The Hall–Kier alpha value is -5.36. The van der Waals surface area contributed by atoms with E-state index in [-0.39, 0.29) is 25.6 Å². The number of aryl methyl sites for hydroxylation is 1. The van der Waals surface area contributed by atoms with Gasteiger partial charge in [0, 0.05) is 30.2 Å². The van der Waals surface area contributed by atoms with Gasteiger partial charge in [-0.3, -0.25) is 19.7 Å². The standard InChI is InChI=1S/C37H44N6O6/c1-25(2)34(43-37(47)49-24-31-22-39-20-26(3)40-31)35(45)42-32(18-28-13-8-5-9-14-28)33(44)19-30(17-27-11-6-4-7-12-27)41-36(46)48-23-29-15-10-16-38-21-29/h4-16,20-22,25,30,32-34,44H,17-19,23-24H2,1-3H3,(H,41,46)(H,42,45)(H,43,47)/t30-,32-,33-,34?/m0/s1. The molecule has 0 aliphatic heterocycles. The fourth-order valence-electron chi connectivity index (χ4n) is 5.24. The summed E-state index contributed by atoms with van der Waals surface area (Å²) in [7, 11) is 0. The lowest BCUT2D eigenvalue weighted by Gasteiger charge is -2.30. The first-order valence-corrected chi connectivity index (χ1v) is 16.3. The summed E-state index contributed by atoms with van der Waals surface area (Å²) in [6.07, 6.45) is 4.67. The first kappa shape index (κ1) is 36.5. The van der Waals surface area contributed by atoms with Crippen LogP contribution in [0.2, 0.25) is 0 Å². The van der Waals surface area contributed by atoms with Gasteiger partial charge >= 0.3 is 12.2 Å². The van der Waals surface area contributed by atoms with Crippen molar-refractivity contribution in [2.75, 3.05) is 0 Å². The van der Waals surface area contributed by atoms with Gasteiger partial charge in [0.15, 0.2) is 0 Å². The summed E-state index contributed by atoms with van der Waals surface area (Å²) in [6, 6.07) is 20.4. The summed E-state index contributed by atoms with van der Waals surface area (Å²) in [4.78, 5) is 51.7. The van der Waals surface area contributed by atoms with Crippen molar-refractivity contribution in [3.8, 4) is 0 Å². The van der Waals surface area contributed by atoms with Crippen molar-refractivity contribution in [1.29, 1.82) is 0 Å². The Morgan fingerprint density at radius 2 is 1.37 bits per heavy atom. The van der Waals surface area contributed by atoms with E-state index in [4.69, 9.17) is 9.47 Å². The third kappa shape index (κ3) is 12.6. The van der Waals surface area contributed by atoms with Gasteiger partial charge in [0.25, 0.3) is 0 Å². The smallest absolute Gasteiger partial charge is 0.408 e. The van der Waals surface area contributed by atoms with Crippen LogP contribution in [0.5, 0.6) is 0 Å². The van der Waals surface area contributed by atoms with Gasteiger partial charge in [0.05, 0.1) is 29.7 Å². The van der Waals surface area contributed by atoms with E-state index in [0.717, 1.165) is 16.7 Å². The quantitative estimate of drug-likeness (QED) is 0.135. The van der Waals surface area contributed by atoms with Crippen LogP contribution >= 0.6 is 0 Å². The van der Waals surface area contributed by atoms with Crippen LogP contribution in [0.4, 0.5) is 9.59 Å². The lowest BCUT2D eigenvalue weighted by atomic mass is 9.93. The monoisotopic (exact) mass is 668 g/mol. The number of aliphatic hydroxyl groups excluding tert-OH is 1. The molecule has 1 unspecified atom stereocenters. The minimum atomic E-state index is -1.09. The van der Waals surface area contributed by atoms with Crippen molar-refractivity contribution in [2.24, 2.45) is 5.92 Å². The predicted octanol–water partition coefficient (Wildman–Crippen LogP) is 4.45. The van der Waals surface area contributed by atoms with Gasteiger partial charge in [-0.1, -0.05) is 80.6 Å². The van der Waals surface area contributed by atoms with Crippen molar-refractivity contribution >= 4 is 18.1 Å². The van der Waals surface area contributed by atoms with Crippen LogP contribution in [0.25, 0.3) is 0 Å². The molecular formula is C37H44N6O6. The summed E-state index contributed by atoms with van der Waals surface area (Å²) >= 11 is 0. The van der Waals surface area contributed by atoms with E-state index in [0.29, 0.717) is 24.2 Å². The first-order valence-electron chi connectivity index (χ1n) is 16.3. The molecule has 4 atom stereocenters. The average Bonchev–Trinajstić information content (AvgIpc) is 3.09. The van der Waals surface area contributed by atoms with Gasteiger partial charge in [0.2, 0.25) is 5.91 Å². The summed E-state index contributed by atoms with van der Waals surface area (Å²) < 4.78 is 10.8. The average molecular weight is 669 g/mol. The van der Waals surface area contributed by atoms with E-state index in [1.54, 1.807) is 51.5 Å². The van der Waals surface area contributed by atoms with Crippen molar-refractivity contribution in [3.05, 3.63) is 126 Å². The topological polar surface area (TPSA) is 165 Å². The summed E-state index contributed by atoms with van der Waals surface area (Å²) in [5.74, 6) is -0.784. The van der Waals surface area contributed by atoms with Gasteiger partial charge in [-0.2, -0.15) is 0 Å². The Morgan fingerprint density at radius 1 is 0.735 bits per heavy atom. The zero-order chi connectivity index (χ0) is 35.0. The Kier molecular flexibility index (Phi) is 14.0. The number of carbonyl (C=O) groups is 3. The second-order valence-electron chi connectivity index (χ2n) is 12.2. The highest BCUT2D eigenvalue weighted by molar-refractivity contribution is 5.86. The van der Waals surface area contributed by atoms with Crippen molar-refractivity contribution < 1.29 is 29.0 Å². The normalized spacial score (nSPS) is 13.4. The lowest BCUT2D eigenvalue weighted by molar-refractivity contribution is -0.125. The van der Waals surface area contributed by atoms with E-state index in [1.807, 2.05) is 60.7 Å². The molecule has 0 aliphatic carbocycles. The number of alkyl carbamates (subject to hydrolysis) is 2. The van der Waals surface area contributed by atoms with E-state index < -0.39 is 42.3 Å². The molecule has 12 heteroatoms. The van der Waals surface area contributed by atoms with Crippen LogP contribution in [0.1, 0.15) is 48.3 Å². The molecule has 0 saturated heterocycles. The molecule has 258 valence electrons. The number of ether oxygens (including phenoxy) is 2. The Labute approximate surface area is 286 Å². The maximum atomic E-state index is 13.7. The van der Waals surface area contributed by atoms with Crippen LogP contribution in [0, 0.1) is 12.8 Å². The molecule has 4 rings (SSSR count). The molecule has 0 fully saturated rings. The Balaban J connectivity index is 1.46. The fraction of sp³-hybridized carbons (Fsp3) is 0.351. The number of rotatable bonds is 16. The molecular weight excluding hydrogens is 624 g/mol. The van der Waals surface area contributed by atoms with Gasteiger partial charge < -0.3 is 30.5 Å². The van der Waals surface area contributed by atoms with E-state index >= 15 is 0 Å². The van der Waals surface area contributed by atoms with E-state index in [2.05, 4.69) is 30.9 Å². The number of hydrogen-bond acceptors (Lipinski definition) is 9. The van der Waals surface area contributed by atoms with Crippen molar-refractivity contribution in [1.82, 2.24) is 30.9 Å². The molecule has 2 aromatic heterocycles. The number of nitrogens with one attached hydrogen (secondary N) is 3. The maximum absolute atomic E-state index is 13.7. The van der Waals surface area contributed by atoms with Gasteiger partial charge in [-0.05, 0) is 49.3 Å². The second-order valence-corrected chi connectivity index (χ2v) is 12.2. The summed E-state index contributed by atoms with van der Waals surface area (Å²) in [6.45, 7) is 5.32. The minimum Gasteiger partial charge on any atom is -0.445 e. The van der Waals surface area contributed by atoms with Crippen LogP contribution in [-0.4, -0.2) is 62.4 Å². The second kappa shape index (κ2) is 18.8. The van der Waals surface area contributed by atoms with Gasteiger partial charge in [0.1, 0.15) is 19.3 Å². The number of hydrogen-bond donors (Lipinski definition) is 4. The number of amides is 3. The number of nitrogens with zero attached hydrogens (tertiary/aromatic N) is 3. The third-order valence-electron chi connectivity index (χ3n) is 7.73. The largest absolute Gasteiger partial charge is 0.445 e. The summed E-state index contributed by atoms with van der Waals surface area (Å²) in [5.41, 5.74) is 3.75. The molecule has 0 bridgehead atoms. The molecule has 2 heterocycles. The van der Waals surface area contributed by atoms with E-state index in [1.165, 1.54) is 6.20 Å². The fourth-order valence-corrected chi connectivity index (χ4v) is 5.24. The van der Waals surface area contributed by atoms with Gasteiger partial charge in [-0.25, -0.2) is 9.59 Å². The molecule has 4 aromatic rings. The van der Waals surface area contributed by atoms with Gasteiger partial charge in [-0.15, -0.1) is 0 Å². The molecule has 2 aromatic carbocycles. The number of carbonyl (C=O) groups excluding carboxylic acids is 3. The van der Waals surface area contributed by atoms with Crippen LogP contribution in [-0.2, 0) is 40.3 Å². The molecule has 12 nitrogen and oxygen atoms in total. The molecule has 4 N–H and O–H groups in total. The molecule has 49 heavy (non-hydrogen) atoms. The van der Waals surface area contributed by atoms with Crippen molar-refractivity contribution in [2.45, 2.75) is 77.5 Å². The zero-order valence-corrected chi connectivity index (χ0v) is 28.0. The molecule has 0 spiro atoms. The third-order valence-corrected chi connectivity index (χ3v) is 7.73. The van der Waals surface area contributed by atoms with E-state index in [9.17, 15) is 19.5 Å². The molecule has 0 aliphatic rings. The highest BCUT2D eigenvalue weighted by Gasteiger charge is 2.31. The predicted molar refractivity (Wildman–Crippen MR) is 183 cm³/mol. The summed E-state index contributed by atoms with van der Waals surface area (Å²) in [5, 5.41) is 20.2.